The minimum atomic E-state index is -1.28. The summed E-state index contributed by atoms with van der Waals surface area (Å²) in [6.07, 6.45) is -1.82. The number of hydrogen-bond donors (Lipinski definition) is 3. The molecule has 0 aliphatic carbocycles. The van der Waals surface area contributed by atoms with E-state index in [0.29, 0.717) is 22.5 Å². The number of nitrogen functional groups attached to an aromatic ring is 1. The van der Waals surface area contributed by atoms with Crippen LogP contribution < -0.4 is 10.5 Å². The van der Waals surface area contributed by atoms with Gasteiger partial charge in [-0.1, -0.05) is 0 Å². The number of aliphatic hydroxyl groups is 2. The number of carbonyl (C=O) groups is 1. The van der Waals surface area contributed by atoms with Crippen molar-refractivity contribution in [1.82, 2.24) is 19.5 Å². The summed E-state index contributed by atoms with van der Waals surface area (Å²) < 4.78 is 17.5. The minimum Gasteiger partial charge on any atom is -0.497 e. The number of carbonyl (C=O) groups excluding carboxylic acids is 1. The van der Waals surface area contributed by atoms with Crippen molar-refractivity contribution in [3.8, 4) is 5.75 Å². The third-order valence-corrected chi connectivity index (χ3v) is 4.70. The maximum Gasteiger partial charge on any atom is 0.338 e. The van der Waals surface area contributed by atoms with E-state index in [1.165, 1.54) is 24.3 Å². The molecule has 152 valence electrons. The molecule has 3 aromatic rings. The number of hydrogen-bond acceptors (Lipinski definition) is 10. The van der Waals surface area contributed by atoms with E-state index in [-0.39, 0.29) is 12.4 Å². The van der Waals surface area contributed by atoms with Crippen molar-refractivity contribution in [2.45, 2.75) is 24.5 Å². The van der Waals surface area contributed by atoms with E-state index in [0.717, 1.165) is 0 Å². The van der Waals surface area contributed by atoms with Gasteiger partial charge in [-0.05, 0) is 24.3 Å². The van der Waals surface area contributed by atoms with Crippen molar-refractivity contribution in [1.29, 1.82) is 0 Å². The van der Waals surface area contributed by atoms with Gasteiger partial charge in [-0.3, -0.25) is 4.57 Å². The fourth-order valence-corrected chi connectivity index (χ4v) is 3.12. The number of rotatable bonds is 5. The maximum atomic E-state index is 12.2. The molecule has 1 aromatic carbocycles. The summed E-state index contributed by atoms with van der Waals surface area (Å²) in [4.78, 5) is 24.3. The molecule has 29 heavy (non-hydrogen) atoms. The zero-order chi connectivity index (χ0) is 20.5. The Hall–Kier alpha value is -3.28. The van der Waals surface area contributed by atoms with Crippen LogP contribution in [-0.2, 0) is 9.47 Å². The number of imidazole rings is 1. The smallest absolute Gasteiger partial charge is 0.338 e. The van der Waals surface area contributed by atoms with Crippen LogP contribution in [0.25, 0.3) is 11.2 Å². The van der Waals surface area contributed by atoms with Gasteiger partial charge in [0.15, 0.2) is 17.7 Å². The molecule has 0 unspecified atom stereocenters. The number of aromatic nitrogens is 4. The highest BCUT2D eigenvalue weighted by atomic mass is 16.6. The molecular weight excluding hydrogens is 382 g/mol. The van der Waals surface area contributed by atoms with Crippen molar-refractivity contribution in [2.24, 2.45) is 0 Å². The van der Waals surface area contributed by atoms with Gasteiger partial charge in [0.05, 0.1) is 19.0 Å². The van der Waals surface area contributed by atoms with E-state index in [1.807, 2.05) is 0 Å². The highest BCUT2D eigenvalue weighted by Crippen LogP contribution is 2.32. The molecule has 2 aromatic heterocycles. The second-order valence-corrected chi connectivity index (χ2v) is 6.46. The predicted molar refractivity (Wildman–Crippen MR) is 98.9 cm³/mol. The standard InChI is InChI=1S/C18H19N5O6/c1-27-10-4-2-9(3-5-10)18(26)28-6-11-13(24)14(25)17(29-11)23-8-22-12-15(19)20-7-21-16(12)23/h2-5,7-8,11,13-14,17,24-25H,6H2,1H3,(H2,19,20,21)/t11-,13-,14-,17-/m1/s1. The summed E-state index contributed by atoms with van der Waals surface area (Å²) in [5.41, 5.74) is 6.79. The van der Waals surface area contributed by atoms with E-state index in [9.17, 15) is 15.0 Å². The Bertz CT molecular complexity index is 1020. The lowest BCUT2D eigenvalue weighted by Gasteiger charge is -2.16. The van der Waals surface area contributed by atoms with Gasteiger partial charge in [0.25, 0.3) is 0 Å². The van der Waals surface area contributed by atoms with E-state index >= 15 is 0 Å². The summed E-state index contributed by atoms with van der Waals surface area (Å²) >= 11 is 0. The van der Waals surface area contributed by atoms with Gasteiger partial charge in [-0.2, -0.15) is 0 Å². The van der Waals surface area contributed by atoms with Gasteiger partial charge in [0.1, 0.15) is 42.5 Å². The van der Waals surface area contributed by atoms with Gasteiger partial charge >= 0.3 is 5.97 Å². The molecule has 11 nitrogen and oxygen atoms in total. The van der Waals surface area contributed by atoms with Gasteiger partial charge in [-0.25, -0.2) is 19.7 Å². The summed E-state index contributed by atoms with van der Waals surface area (Å²) in [6, 6.07) is 6.39. The van der Waals surface area contributed by atoms with Crippen LogP contribution >= 0.6 is 0 Å². The first-order valence-corrected chi connectivity index (χ1v) is 8.75. The number of nitrogens with zero attached hydrogens (tertiary/aromatic N) is 4. The number of aliphatic hydroxyl groups excluding tert-OH is 2. The number of benzene rings is 1. The first-order valence-electron chi connectivity index (χ1n) is 8.75. The molecule has 1 aliphatic heterocycles. The zero-order valence-electron chi connectivity index (χ0n) is 15.4. The lowest BCUT2D eigenvalue weighted by atomic mass is 10.1. The average Bonchev–Trinajstić information content (AvgIpc) is 3.29. The van der Waals surface area contributed by atoms with Crippen molar-refractivity contribution in [2.75, 3.05) is 19.5 Å². The summed E-state index contributed by atoms with van der Waals surface area (Å²) in [6.45, 7) is -0.247. The molecule has 0 spiro atoms. The molecule has 0 amide bonds. The topological polar surface area (TPSA) is 155 Å². The zero-order valence-corrected chi connectivity index (χ0v) is 15.4. The number of methoxy groups -OCH3 is 1. The lowest BCUT2D eigenvalue weighted by Crippen LogP contribution is -2.34. The largest absolute Gasteiger partial charge is 0.497 e. The molecular formula is C18H19N5O6. The molecule has 0 saturated carbocycles. The van der Waals surface area contributed by atoms with Crippen LogP contribution in [0.15, 0.2) is 36.9 Å². The number of fused-ring (bicyclic) bond motifs is 1. The Morgan fingerprint density at radius 3 is 2.69 bits per heavy atom. The Kier molecular flexibility index (Phi) is 5.01. The van der Waals surface area contributed by atoms with Crippen LogP contribution in [0.1, 0.15) is 16.6 Å². The van der Waals surface area contributed by atoms with E-state index < -0.39 is 30.5 Å². The van der Waals surface area contributed by atoms with Crippen LogP contribution in [0.3, 0.4) is 0 Å². The molecule has 4 N–H and O–H groups in total. The van der Waals surface area contributed by atoms with Crippen molar-refractivity contribution in [3.05, 3.63) is 42.5 Å². The predicted octanol–water partition coefficient (Wildman–Crippen LogP) is -0.107. The quantitative estimate of drug-likeness (QED) is 0.493. The summed E-state index contributed by atoms with van der Waals surface area (Å²) in [7, 11) is 1.53. The van der Waals surface area contributed by atoms with Crippen LogP contribution in [0.5, 0.6) is 5.75 Å². The first kappa shape index (κ1) is 19.1. The van der Waals surface area contributed by atoms with Gasteiger partial charge < -0.3 is 30.2 Å². The highest BCUT2D eigenvalue weighted by molar-refractivity contribution is 5.89. The second-order valence-electron chi connectivity index (χ2n) is 6.46. The van der Waals surface area contributed by atoms with Crippen LogP contribution in [0, 0.1) is 0 Å². The van der Waals surface area contributed by atoms with Crippen molar-refractivity contribution in [3.63, 3.8) is 0 Å². The van der Waals surface area contributed by atoms with E-state index in [1.54, 1.807) is 24.3 Å². The lowest BCUT2D eigenvalue weighted by molar-refractivity contribution is -0.0565. The molecule has 0 bridgehead atoms. The number of esters is 1. The van der Waals surface area contributed by atoms with Gasteiger partial charge in [-0.15, -0.1) is 0 Å². The fourth-order valence-electron chi connectivity index (χ4n) is 3.12. The van der Waals surface area contributed by atoms with Crippen LogP contribution in [0.2, 0.25) is 0 Å². The Balaban J connectivity index is 1.45. The number of ether oxygens (including phenoxy) is 3. The van der Waals surface area contributed by atoms with Crippen molar-refractivity contribution >= 4 is 23.0 Å². The Labute approximate surface area is 164 Å². The normalized spacial score (nSPS) is 24.0. The second kappa shape index (κ2) is 7.62. The average molecular weight is 401 g/mol. The molecule has 4 atom stereocenters. The summed E-state index contributed by atoms with van der Waals surface area (Å²) in [5, 5.41) is 20.7. The van der Waals surface area contributed by atoms with Gasteiger partial charge in [0, 0.05) is 0 Å². The molecule has 1 aliphatic rings. The monoisotopic (exact) mass is 401 g/mol. The third kappa shape index (κ3) is 3.46. The molecule has 1 saturated heterocycles. The summed E-state index contributed by atoms with van der Waals surface area (Å²) in [5.74, 6) is 0.209. The Morgan fingerprint density at radius 2 is 1.97 bits per heavy atom. The van der Waals surface area contributed by atoms with Crippen molar-refractivity contribution < 1.29 is 29.2 Å². The third-order valence-electron chi connectivity index (χ3n) is 4.70. The Morgan fingerprint density at radius 1 is 1.21 bits per heavy atom. The molecule has 4 rings (SSSR count). The maximum absolute atomic E-state index is 12.2. The molecule has 0 radical (unpaired) electrons. The SMILES string of the molecule is COc1ccc(C(=O)OC[C@H]2O[C@@H](n3cnc4c(N)ncnc43)[C@H](O)[C@@H]2O)cc1. The first-order chi connectivity index (χ1) is 14.0. The number of nitrogens with two attached hydrogens (primary N) is 1. The minimum absolute atomic E-state index is 0.187. The molecule has 3 heterocycles. The van der Waals surface area contributed by atoms with Crippen LogP contribution in [-0.4, -0.2) is 67.7 Å². The van der Waals surface area contributed by atoms with E-state index in [2.05, 4.69) is 15.0 Å². The van der Waals surface area contributed by atoms with Crippen LogP contribution in [0.4, 0.5) is 5.82 Å². The molecule has 11 heteroatoms. The highest BCUT2D eigenvalue weighted by Gasteiger charge is 2.45. The molecule has 1 fully saturated rings. The van der Waals surface area contributed by atoms with Gasteiger partial charge in [0.2, 0.25) is 0 Å². The van der Waals surface area contributed by atoms with E-state index in [4.69, 9.17) is 19.9 Å². The fraction of sp³-hybridized carbons (Fsp3) is 0.333. The number of anilines is 1.